The van der Waals surface area contributed by atoms with E-state index < -0.39 is 10.4 Å². The fourth-order valence-corrected chi connectivity index (χ4v) is 1.31. The molecule has 0 aromatic heterocycles. The van der Waals surface area contributed by atoms with Crippen LogP contribution in [0.25, 0.3) is 6.08 Å². The lowest BCUT2D eigenvalue weighted by atomic mass is 10.2. The lowest BCUT2D eigenvalue weighted by molar-refractivity contribution is -0.384. The minimum absolute atomic E-state index is 0.154. The van der Waals surface area contributed by atoms with Crippen LogP contribution in [0.5, 0.6) is 0 Å². The molecule has 0 saturated heterocycles. The van der Waals surface area contributed by atoms with E-state index in [9.17, 15) is 23.3 Å². The Bertz CT molecular complexity index is 417. The van der Waals surface area contributed by atoms with Crippen molar-refractivity contribution in [1.82, 2.24) is 0 Å². The maximum absolute atomic E-state index is 11.8. The standard InChI is InChI=1S/C9H6F3NO2S/c10-9(11,12)16-5-4-7-2-1-3-8(6-7)13(14)15/h1-6H/b5-4+. The van der Waals surface area contributed by atoms with Crippen LogP contribution in [0.15, 0.2) is 29.7 Å². The van der Waals surface area contributed by atoms with Crippen molar-refractivity contribution in [3.63, 3.8) is 0 Å². The number of hydrogen-bond donors (Lipinski definition) is 0. The van der Waals surface area contributed by atoms with Gasteiger partial charge in [-0.15, -0.1) is 0 Å². The molecule has 0 saturated carbocycles. The molecule has 0 radical (unpaired) electrons. The molecule has 86 valence electrons. The van der Waals surface area contributed by atoms with Crippen LogP contribution in [-0.4, -0.2) is 10.4 Å². The quantitative estimate of drug-likeness (QED) is 0.604. The van der Waals surface area contributed by atoms with Crippen LogP contribution in [-0.2, 0) is 0 Å². The van der Waals surface area contributed by atoms with Gasteiger partial charge in [-0.2, -0.15) is 13.2 Å². The van der Waals surface area contributed by atoms with Crippen LogP contribution in [0.3, 0.4) is 0 Å². The van der Waals surface area contributed by atoms with Crippen molar-refractivity contribution in [1.29, 1.82) is 0 Å². The summed E-state index contributed by atoms with van der Waals surface area (Å²) in [6.45, 7) is 0. The average molecular weight is 249 g/mol. The van der Waals surface area contributed by atoms with Crippen molar-refractivity contribution in [3.05, 3.63) is 45.4 Å². The highest BCUT2D eigenvalue weighted by atomic mass is 32.2. The van der Waals surface area contributed by atoms with Crippen LogP contribution in [0.2, 0.25) is 0 Å². The summed E-state index contributed by atoms with van der Waals surface area (Å²) in [7, 11) is 0. The fourth-order valence-electron chi connectivity index (χ4n) is 0.932. The van der Waals surface area contributed by atoms with Gasteiger partial charge < -0.3 is 0 Å². The topological polar surface area (TPSA) is 43.1 Å². The normalized spacial score (nSPS) is 11.9. The zero-order chi connectivity index (χ0) is 12.2. The van der Waals surface area contributed by atoms with Crippen molar-refractivity contribution < 1.29 is 18.1 Å². The Morgan fingerprint density at radius 1 is 1.38 bits per heavy atom. The molecule has 3 nitrogen and oxygen atoms in total. The van der Waals surface area contributed by atoms with Crippen molar-refractivity contribution >= 4 is 23.5 Å². The van der Waals surface area contributed by atoms with Gasteiger partial charge in [-0.3, -0.25) is 10.1 Å². The molecule has 1 aromatic rings. The van der Waals surface area contributed by atoms with Crippen LogP contribution in [0.1, 0.15) is 5.56 Å². The molecule has 0 amide bonds. The smallest absolute Gasteiger partial charge is 0.258 e. The van der Waals surface area contributed by atoms with Gasteiger partial charge in [-0.25, -0.2) is 0 Å². The van der Waals surface area contributed by atoms with E-state index in [-0.39, 0.29) is 17.4 Å². The third kappa shape index (κ3) is 4.35. The lowest BCUT2D eigenvalue weighted by Gasteiger charge is -1.99. The van der Waals surface area contributed by atoms with Gasteiger partial charge in [0.2, 0.25) is 0 Å². The molecule has 0 aliphatic carbocycles. The number of non-ortho nitro benzene ring substituents is 1. The average Bonchev–Trinajstić information content (AvgIpc) is 2.16. The molecule has 0 bridgehead atoms. The largest absolute Gasteiger partial charge is 0.445 e. The predicted molar refractivity (Wildman–Crippen MR) is 55.8 cm³/mol. The first-order valence-electron chi connectivity index (χ1n) is 4.04. The minimum Gasteiger partial charge on any atom is -0.258 e. The van der Waals surface area contributed by atoms with Gasteiger partial charge in [-0.1, -0.05) is 12.1 Å². The Morgan fingerprint density at radius 3 is 2.62 bits per heavy atom. The Kier molecular flexibility index (Phi) is 3.94. The summed E-state index contributed by atoms with van der Waals surface area (Å²) < 4.78 is 35.3. The molecule has 7 heteroatoms. The number of nitro benzene ring substituents is 1. The number of nitro groups is 1. The minimum atomic E-state index is -4.34. The maximum atomic E-state index is 11.8. The molecule has 1 rings (SSSR count). The van der Waals surface area contributed by atoms with E-state index in [1.165, 1.54) is 30.3 Å². The van der Waals surface area contributed by atoms with Gasteiger partial charge in [0.1, 0.15) is 0 Å². The number of alkyl halides is 3. The highest BCUT2D eigenvalue weighted by Gasteiger charge is 2.26. The van der Waals surface area contributed by atoms with Gasteiger partial charge in [-0.05, 0) is 28.8 Å². The number of halogens is 3. The summed E-state index contributed by atoms with van der Waals surface area (Å²) in [6, 6.07) is 5.37. The Balaban J connectivity index is 2.74. The summed E-state index contributed by atoms with van der Waals surface area (Å²) in [4.78, 5) is 9.78. The lowest BCUT2D eigenvalue weighted by Crippen LogP contribution is -1.96. The monoisotopic (exact) mass is 249 g/mol. The number of benzene rings is 1. The first-order chi connectivity index (χ1) is 7.38. The Morgan fingerprint density at radius 2 is 2.06 bits per heavy atom. The third-order valence-corrected chi connectivity index (χ3v) is 2.08. The van der Waals surface area contributed by atoms with Gasteiger partial charge in [0, 0.05) is 12.1 Å². The van der Waals surface area contributed by atoms with E-state index in [4.69, 9.17) is 0 Å². The molecule has 1 aromatic carbocycles. The maximum Gasteiger partial charge on any atom is 0.445 e. The number of rotatable bonds is 3. The second-order valence-corrected chi connectivity index (χ2v) is 3.69. The first-order valence-corrected chi connectivity index (χ1v) is 4.92. The zero-order valence-corrected chi connectivity index (χ0v) is 8.59. The molecular weight excluding hydrogens is 243 g/mol. The zero-order valence-electron chi connectivity index (χ0n) is 7.77. The summed E-state index contributed by atoms with van der Waals surface area (Å²) >= 11 is -0.308. The first kappa shape index (κ1) is 12.6. The summed E-state index contributed by atoms with van der Waals surface area (Å²) in [5, 5.41) is 11.2. The number of hydrogen-bond acceptors (Lipinski definition) is 3. The SMILES string of the molecule is O=[N+]([O-])c1cccc(/C=C/SC(F)(F)F)c1. The summed E-state index contributed by atoms with van der Waals surface area (Å²) in [5.41, 5.74) is -4.14. The molecular formula is C9H6F3NO2S. The summed E-state index contributed by atoms with van der Waals surface area (Å²) in [5.74, 6) is 0. The van der Waals surface area contributed by atoms with E-state index in [1.54, 1.807) is 0 Å². The molecule has 0 aliphatic rings. The van der Waals surface area contributed by atoms with Crippen LogP contribution in [0, 0.1) is 10.1 Å². The van der Waals surface area contributed by atoms with Crippen molar-refractivity contribution in [2.45, 2.75) is 5.51 Å². The molecule has 0 fully saturated rings. The Labute approximate surface area is 93.1 Å². The van der Waals surface area contributed by atoms with Crippen LogP contribution < -0.4 is 0 Å². The number of nitrogens with zero attached hydrogens (tertiary/aromatic N) is 1. The molecule has 0 aliphatic heterocycles. The Hall–Kier alpha value is -1.50. The molecule has 0 N–H and O–H groups in total. The van der Waals surface area contributed by atoms with E-state index in [0.29, 0.717) is 5.56 Å². The van der Waals surface area contributed by atoms with Crippen LogP contribution >= 0.6 is 11.8 Å². The van der Waals surface area contributed by atoms with Crippen molar-refractivity contribution in [2.24, 2.45) is 0 Å². The van der Waals surface area contributed by atoms with E-state index in [2.05, 4.69) is 0 Å². The van der Waals surface area contributed by atoms with Crippen molar-refractivity contribution in [2.75, 3.05) is 0 Å². The second kappa shape index (κ2) is 5.02. The fraction of sp³-hybridized carbons (Fsp3) is 0.111. The van der Waals surface area contributed by atoms with E-state index in [1.807, 2.05) is 0 Å². The second-order valence-electron chi connectivity index (χ2n) is 2.72. The summed E-state index contributed by atoms with van der Waals surface area (Å²) in [6.07, 6.45) is 1.17. The predicted octanol–water partition coefficient (Wildman–Crippen LogP) is 3.82. The molecule has 0 spiro atoms. The highest BCUT2D eigenvalue weighted by Crippen LogP contribution is 2.31. The number of thioether (sulfide) groups is 1. The van der Waals surface area contributed by atoms with Crippen LogP contribution in [0.4, 0.5) is 18.9 Å². The van der Waals surface area contributed by atoms with E-state index in [0.717, 1.165) is 5.41 Å². The molecule has 16 heavy (non-hydrogen) atoms. The van der Waals surface area contributed by atoms with Crippen molar-refractivity contribution in [3.8, 4) is 0 Å². The molecule has 0 heterocycles. The third-order valence-electron chi connectivity index (χ3n) is 1.54. The molecule has 0 unspecified atom stereocenters. The van der Waals surface area contributed by atoms with Gasteiger partial charge >= 0.3 is 5.51 Å². The van der Waals surface area contributed by atoms with Gasteiger partial charge in [0.25, 0.3) is 5.69 Å². The van der Waals surface area contributed by atoms with E-state index >= 15 is 0 Å². The van der Waals surface area contributed by atoms with Gasteiger partial charge in [0.05, 0.1) is 4.92 Å². The van der Waals surface area contributed by atoms with Gasteiger partial charge in [0.15, 0.2) is 0 Å². The molecule has 0 atom stereocenters. The highest BCUT2D eigenvalue weighted by molar-refractivity contribution is 8.03.